The molecule has 2 aromatic rings. The molecular formula is C19H24N4O4. The Balaban J connectivity index is 1.46. The first-order valence-electron chi connectivity index (χ1n) is 8.81. The van der Waals surface area contributed by atoms with Gasteiger partial charge in [-0.25, -0.2) is 4.79 Å². The lowest BCUT2D eigenvalue weighted by Crippen LogP contribution is -2.35. The number of carbonyl (C=O) groups excluding carboxylic acids is 1. The Morgan fingerprint density at radius 2 is 2.15 bits per heavy atom. The summed E-state index contributed by atoms with van der Waals surface area (Å²) in [6.45, 7) is 6.09. The maximum atomic E-state index is 11.7. The highest BCUT2D eigenvalue weighted by molar-refractivity contribution is 5.89. The van der Waals surface area contributed by atoms with Crippen molar-refractivity contribution in [2.24, 2.45) is 5.16 Å². The van der Waals surface area contributed by atoms with Crippen LogP contribution in [0.4, 0.5) is 4.79 Å². The Hall–Kier alpha value is -3.03. The number of oxime groups is 1. The predicted octanol–water partition coefficient (Wildman–Crippen LogP) is 3.13. The molecule has 0 bridgehead atoms. The number of nitrogens with one attached hydrogen (secondary N) is 2. The fourth-order valence-electron chi connectivity index (χ4n) is 2.57. The Morgan fingerprint density at radius 3 is 2.89 bits per heavy atom. The molecule has 0 radical (unpaired) electrons. The molecule has 0 saturated carbocycles. The van der Waals surface area contributed by atoms with Crippen LogP contribution >= 0.6 is 0 Å². The second-order valence-corrected chi connectivity index (χ2v) is 7.22. The van der Waals surface area contributed by atoms with Crippen molar-refractivity contribution in [3.05, 3.63) is 36.5 Å². The summed E-state index contributed by atoms with van der Waals surface area (Å²) in [6.07, 6.45) is 1.61. The van der Waals surface area contributed by atoms with E-state index in [2.05, 4.69) is 20.7 Å². The van der Waals surface area contributed by atoms with Gasteiger partial charge in [-0.3, -0.25) is 5.10 Å². The number of hydrogen-bond acceptors (Lipinski definition) is 6. The molecule has 0 saturated heterocycles. The number of rotatable bonds is 6. The molecule has 1 amide bonds. The van der Waals surface area contributed by atoms with E-state index in [9.17, 15) is 4.79 Å². The summed E-state index contributed by atoms with van der Waals surface area (Å²) >= 11 is 0. The third kappa shape index (κ3) is 5.47. The van der Waals surface area contributed by atoms with Gasteiger partial charge in [-0.2, -0.15) is 5.10 Å². The highest BCUT2D eigenvalue weighted by Crippen LogP contribution is 2.28. The summed E-state index contributed by atoms with van der Waals surface area (Å²) < 4.78 is 11.1. The van der Waals surface area contributed by atoms with Gasteiger partial charge in [0.25, 0.3) is 0 Å². The van der Waals surface area contributed by atoms with Crippen molar-refractivity contribution in [2.45, 2.75) is 38.9 Å². The first-order chi connectivity index (χ1) is 12.9. The van der Waals surface area contributed by atoms with E-state index < -0.39 is 11.7 Å². The number of nitrogens with zero attached hydrogens (tertiary/aromatic N) is 2. The normalized spacial score (nSPS) is 16.4. The topological polar surface area (TPSA) is 97.8 Å². The number of carbonyl (C=O) groups is 1. The third-order valence-corrected chi connectivity index (χ3v) is 3.73. The zero-order chi connectivity index (χ0) is 19.3. The quantitative estimate of drug-likeness (QED) is 0.812. The van der Waals surface area contributed by atoms with Crippen LogP contribution in [0, 0.1) is 0 Å². The maximum Gasteiger partial charge on any atom is 0.407 e. The number of hydrogen-bond donors (Lipinski definition) is 2. The van der Waals surface area contributed by atoms with Crippen LogP contribution in [0.25, 0.3) is 11.3 Å². The molecule has 3 rings (SSSR count). The highest BCUT2D eigenvalue weighted by Gasteiger charge is 2.23. The number of aromatic nitrogens is 2. The Kier molecular flexibility index (Phi) is 5.63. The average molecular weight is 372 g/mol. The van der Waals surface area contributed by atoms with Crippen molar-refractivity contribution in [1.82, 2.24) is 15.5 Å². The molecule has 2 heterocycles. The van der Waals surface area contributed by atoms with Crippen LogP contribution in [0.5, 0.6) is 5.75 Å². The molecule has 0 aliphatic carbocycles. The fraction of sp³-hybridized carbons (Fsp3) is 0.421. The van der Waals surface area contributed by atoms with Crippen LogP contribution in [-0.4, -0.2) is 46.9 Å². The predicted molar refractivity (Wildman–Crippen MR) is 101 cm³/mol. The van der Waals surface area contributed by atoms with Crippen molar-refractivity contribution >= 4 is 11.8 Å². The zero-order valence-electron chi connectivity index (χ0n) is 15.7. The number of ether oxygens (including phenoxy) is 2. The van der Waals surface area contributed by atoms with E-state index in [4.69, 9.17) is 14.3 Å². The maximum absolute atomic E-state index is 11.7. The van der Waals surface area contributed by atoms with Crippen molar-refractivity contribution in [3.63, 3.8) is 0 Å². The molecule has 8 heteroatoms. The first kappa shape index (κ1) is 18.8. The molecule has 1 unspecified atom stereocenters. The molecule has 1 aliphatic rings. The molecule has 27 heavy (non-hydrogen) atoms. The van der Waals surface area contributed by atoms with Gasteiger partial charge in [0.15, 0.2) is 6.10 Å². The Bertz CT molecular complexity index is 796. The zero-order valence-corrected chi connectivity index (χ0v) is 15.7. The van der Waals surface area contributed by atoms with Gasteiger partial charge in [0.1, 0.15) is 18.0 Å². The molecule has 0 fully saturated rings. The summed E-state index contributed by atoms with van der Waals surface area (Å²) in [5.41, 5.74) is 2.03. The van der Waals surface area contributed by atoms with Gasteiger partial charge in [-0.05, 0) is 39.0 Å². The molecule has 1 aliphatic heterocycles. The third-order valence-electron chi connectivity index (χ3n) is 3.73. The van der Waals surface area contributed by atoms with Crippen molar-refractivity contribution in [3.8, 4) is 17.0 Å². The molecule has 1 aromatic heterocycles. The molecule has 0 spiro atoms. The minimum Gasteiger partial charge on any atom is -0.489 e. The monoisotopic (exact) mass is 372 g/mol. The average Bonchev–Trinajstić information content (AvgIpc) is 3.29. The lowest BCUT2D eigenvalue weighted by molar-refractivity contribution is 0.0472. The summed E-state index contributed by atoms with van der Waals surface area (Å²) in [6, 6.07) is 9.61. The lowest BCUT2D eigenvalue weighted by atomic mass is 10.1. The van der Waals surface area contributed by atoms with Gasteiger partial charge >= 0.3 is 6.09 Å². The Morgan fingerprint density at radius 1 is 1.33 bits per heavy atom. The molecule has 1 atom stereocenters. The number of amides is 1. The minimum absolute atomic E-state index is 0.199. The van der Waals surface area contributed by atoms with Gasteiger partial charge in [0, 0.05) is 18.2 Å². The van der Waals surface area contributed by atoms with Crippen LogP contribution in [0.15, 0.2) is 41.7 Å². The van der Waals surface area contributed by atoms with Crippen molar-refractivity contribution < 1.29 is 19.1 Å². The van der Waals surface area contributed by atoms with Gasteiger partial charge < -0.3 is 19.6 Å². The summed E-state index contributed by atoms with van der Waals surface area (Å²) in [5, 5.41) is 13.6. The van der Waals surface area contributed by atoms with Crippen LogP contribution < -0.4 is 10.1 Å². The van der Waals surface area contributed by atoms with E-state index in [0.717, 1.165) is 22.7 Å². The van der Waals surface area contributed by atoms with Gasteiger partial charge in [0.05, 0.1) is 18.0 Å². The van der Waals surface area contributed by atoms with E-state index >= 15 is 0 Å². The van der Waals surface area contributed by atoms with E-state index in [0.29, 0.717) is 13.0 Å². The largest absolute Gasteiger partial charge is 0.489 e. The molecular weight excluding hydrogens is 348 g/mol. The minimum atomic E-state index is -0.531. The number of H-pyrrole nitrogens is 1. The molecule has 144 valence electrons. The van der Waals surface area contributed by atoms with Crippen molar-refractivity contribution in [2.75, 3.05) is 13.2 Å². The second kappa shape index (κ2) is 8.11. The van der Waals surface area contributed by atoms with E-state index in [1.54, 1.807) is 6.20 Å². The first-order valence-corrected chi connectivity index (χ1v) is 8.81. The van der Waals surface area contributed by atoms with Gasteiger partial charge in [-0.1, -0.05) is 17.3 Å². The number of alkyl carbamates (subject to hydrolysis) is 1. The fourth-order valence-corrected chi connectivity index (χ4v) is 2.57. The van der Waals surface area contributed by atoms with Crippen LogP contribution in [0.1, 0.15) is 27.2 Å². The van der Waals surface area contributed by atoms with Crippen LogP contribution in [-0.2, 0) is 9.57 Å². The van der Waals surface area contributed by atoms with E-state index in [-0.39, 0.29) is 12.6 Å². The SMILES string of the molecule is CC(C)(C)OC(=O)NCC1=NOC(COc2ccccc2-c2ccn[nH]2)C1. The highest BCUT2D eigenvalue weighted by atomic mass is 16.7. The van der Waals surface area contributed by atoms with Crippen LogP contribution in [0.2, 0.25) is 0 Å². The van der Waals surface area contributed by atoms with E-state index in [1.807, 2.05) is 51.1 Å². The molecule has 2 N–H and O–H groups in total. The van der Waals surface area contributed by atoms with Gasteiger partial charge in [-0.15, -0.1) is 0 Å². The number of aromatic amines is 1. The summed E-state index contributed by atoms with van der Waals surface area (Å²) in [5.74, 6) is 0.741. The lowest BCUT2D eigenvalue weighted by Gasteiger charge is -2.19. The van der Waals surface area contributed by atoms with Crippen LogP contribution in [0.3, 0.4) is 0 Å². The second-order valence-electron chi connectivity index (χ2n) is 7.22. The summed E-state index contributed by atoms with van der Waals surface area (Å²) in [7, 11) is 0. The number of para-hydroxylation sites is 1. The molecule has 1 aromatic carbocycles. The van der Waals surface area contributed by atoms with Gasteiger partial charge in [0.2, 0.25) is 0 Å². The molecule has 8 nitrogen and oxygen atoms in total. The standard InChI is InChI=1S/C19H24N4O4/c1-19(2,3)26-18(24)20-11-13-10-14(27-23-13)12-25-17-7-5-4-6-15(17)16-8-9-21-22-16/h4-9,14H,10-12H2,1-3H3,(H,20,24)(H,21,22). The Labute approximate surface area is 157 Å². The van der Waals surface area contributed by atoms with E-state index in [1.165, 1.54) is 0 Å². The number of benzene rings is 1. The summed E-state index contributed by atoms with van der Waals surface area (Å²) in [4.78, 5) is 17.1. The van der Waals surface area contributed by atoms with Crippen molar-refractivity contribution in [1.29, 1.82) is 0 Å². The smallest absolute Gasteiger partial charge is 0.407 e.